The average Bonchev–Trinajstić information content (AvgIpc) is 2.17. The summed E-state index contributed by atoms with van der Waals surface area (Å²) < 4.78 is 5.59. The summed E-state index contributed by atoms with van der Waals surface area (Å²) in [6.07, 6.45) is 5.13. The van der Waals surface area contributed by atoms with E-state index in [1.54, 1.807) is 0 Å². The quantitative estimate of drug-likeness (QED) is 0.682. The van der Waals surface area contributed by atoms with Gasteiger partial charge in [-0.15, -0.1) is 0 Å². The highest BCUT2D eigenvalue weighted by atomic mass is 16.5. The standard InChI is InChI=1S/C12H16O/c1-3-7-11-8-5-6-9-12(11)13-10-4-2/h3,5-9H,4,10H2,1-2H3. The van der Waals surface area contributed by atoms with Crippen molar-refractivity contribution in [1.82, 2.24) is 0 Å². The molecule has 1 heteroatoms. The summed E-state index contributed by atoms with van der Waals surface area (Å²) in [5.74, 6) is 0.974. The third kappa shape index (κ3) is 2.94. The predicted octanol–water partition coefficient (Wildman–Crippen LogP) is 3.51. The van der Waals surface area contributed by atoms with E-state index in [9.17, 15) is 0 Å². The summed E-state index contributed by atoms with van der Waals surface area (Å²) in [4.78, 5) is 0. The Balaban J connectivity index is 2.78. The van der Waals surface area contributed by atoms with Gasteiger partial charge in [0.1, 0.15) is 5.75 Å². The molecule has 0 amide bonds. The topological polar surface area (TPSA) is 9.23 Å². The second-order valence-corrected chi connectivity index (χ2v) is 2.89. The number of ether oxygens (including phenoxy) is 1. The van der Waals surface area contributed by atoms with Crippen molar-refractivity contribution in [3.05, 3.63) is 35.9 Å². The fourth-order valence-corrected chi connectivity index (χ4v) is 1.14. The Bertz CT molecular complexity index is 276. The van der Waals surface area contributed by atoms with Gasteiger partial charge in [0.05, 0.1) is 6.61 Å². The lowest BCUT2D eigenvalue weighted by molar-refractivity contribution is 0.317. The molecule has 1 nitrogen and oxygen atoms in total. The van der Waals surface area contributed by atoms with Crippen LogP contribution >= 0.6 is 0 Å². The van der Waals surface area contributed by atoms with Crippen LogP contribution in [0.1, 0.15) is 25.8 Å². The first kappa shape index (κ1) is 9.85. The van der Waals surface area contributed by atoms with Gasteiger partial charge in [0, 0.05) is 5.56 Å². The van der Waals surface area contributed by atoms with Crippen molar-refractivity contribution in [3.63, 3.8) is 0 Å². The molecule has 1 rings (SSSR count). The first-order chi connectivity index (χ1) is 6.38. The van der Waals surface area contributed by atoms with Gasteiger partial charge in [-0.1, -0.05) is 37.3 Å². The summed E-state index contributed by atoms with van der Waals surface area (Å²) in [6.45, 7) is 4.91. The number of allylic oxidation sites excluding steroid dienone is 1. The fourth-order valence-electron chi connectivity index (χ4n) is 1.14. The molecule has 0 aliphatic heterocycles. The van der Waals surface area contributed by atoms with E-state index in [0.717, 1.165) is 24.3 Å². The smallest absolute Gasteiger partial charge is 0.126 e. The minimum atomic E-state index is 0.786. The molecule has 0 spiro atoms. The van der Waals surface area contributed by atoms with Crippen LogP contribution in [-0.2, 0) is 0 Å². The van der Waals surface area contributed by atoms with Crippen molar-refractivity contribution >= 4 is 6.08 Å². The van der Waals surface area contributed by atoms with E-state index in [1.807, 2.05) is 31.2 Å². The molecule has 0 saturated carbocycles. The second-order valence-electron chi connectivity index (χ2n) is 2.89. The molecule has 0 aliphatic rings. The van der Waals surface area contributed by atoms with Crippen LogP contribution in [0.5, 0.6) is 5.75 Å². The zero-order chi connectivity index (χ0) is 9.52. The molecule has 0 aliphatic carbocycles. The van der Waals surface area contributed by atoms with Crippen LogP contribution in [0.4, 0.5) is 0 Å². The van der Waals surface area contributed by atoms with Crippen molar-refractivity contribution in [2.24, 2.45) is 0 Å². The summed E-state index contributed by atoms with van der Waals surface area (Å²) in [6, 6.07) is 8.09. The third-order valence-corrected chi connectivity index (χ3v) is 1.73. The molecule has 0 fully saturated rings. The van der Waals surface area contributed by atoms with Crippen molar-refractivity contribution in [3.8, 4) is 5.75 Å². The molecule has 13 heavy (non-hydrogen) atoms. The van der Waals surface area contributed by atoms with Crippen LogP contribution in [0.15, 0.2) is 30.3 Å². The highest BCUT2D eigenvalue weighted by Gasteiger charge is 1.97. The van der Waals surface area contributed by atoms with Crippen molar-refractivity contribution in [2.75, 3.05) is 6.61 Å². The fraction of sp³-hybridized carbons (Fsp3) is 0.333. The van der Waals surface area contributed by atoms with Crippen LogP contribution in [0.2, 0.25) is 0 Å². The molecule has 1 aromatic carbocycles. The van der Waals surface area contributed by atoms with Gasteiger partial charge < -0.3 is 4.74 Å². The monoisotopic (exact) mass is 176 g/mol. The highest BCUT2D eigenvalue weighted by molar-refractivity contribution is 5.56. The maximum absolute atomic E-state index is 5.59. The zero-order valence-corrected chi connectivity index (χ0v) is 8.29. The van der Waals surface area contributed by atoms with Crippen molar-refractivity contribution in [2.45, 2.75) is 20.3 Å². The van der Waals surface area contributed by atoms with Gasteiger partial charge in [-0.3, -0.25) is 0 Å². The van der Waals surface area contributed by atoms with E-state index >= 15 is 0 Å². The summed E-state index contributed by atoms with van der Waals surface area (Å²) in [5, 5.41) is 0. The Morgan fingerprint density at radius 1 is 1.31 bits per heavy atom. The van der Waals surface area contributed by atoms with Crippen molar-refractivity contribution in [1.29, 1.82) is 0 Å². The van der Waals surface area contributed by atoms with Crippen molar-refractivity contribution < 1.29 is 4.74 Å². The molecule has 1 aromatic rings. The molecule has 0 bridgehead atoms. The Kier molecular flexibility index (Phi) is 4.10. The van der Waals surface area contributed by atoms with Crippen LogP contribution in [0.25, 0.3) is 6.08 Å². The molecule has 0 atom stereocenters. The van der Waals surface area contributed by atoms with Gasteiger partial charge >= 0.3 is 0 Å². The third-order valence-electron chi connectivity index (χ3n) is 1.73. The van der Waals surface area contributed by atoms with Gasteiger partial charge in [0.15, 0.2) is 0 Å². The molecule has 0 aromatic heterocycles. The zero-order valence-electron chi connectivity index (χ0n) is 8.29. The van der Waals surface area contributed by atoms with Gasteiger partial charge in [-0.05, 0) is 19.4 Å². The lowest BCUT2D eigenvalue weighted by Gasteiger charge is -2.07. The first-order valence-electron chi connectivity index (χ1n) is 4.73. The lowest BCUT2D eigenvalue weighted by Crippen LogP contribution is -1.96. The SMILES string of the molecule is CC=Cc1ccccc1OCCC. The van der Waals surface area contributed by atoms with E-state index in [0.29, 0.717) is 0 Å². The Labute approximate surface area is 80.0 Å². The number of para-hydroxylation sites is 1. The molecule has 70 valence electrons. The highest BCUT2D eigenvalue weighted by Crippen LogP contribution is 2.19. The Hall–Kier alpha value is -1.24. The summed E-state index contributed by atoms with van der Waals surface area (Å²) >= 11 is 0. The van der Waals surface area contributed by atoms with Crippen LogP contribution in [-0.4, -0.2) is 6.61 Å². The van der Waals surface area contributed by atoms with E-state index in [1.165, 1.54) is 0 Å². The Morgan fingerprint density at radius 3 is 2.77 bits per heavy atom. The van der Waals surface area contributed by atoms with Gasteiger partial charge in [0.25, 0.3) is 0 Å². The van der Waals surface area contributed by atoms with Crippen LogP contribution in [0.3, 0.4) is 0 Å². The molecule has 0 radical (unpaired) electrons. The molecular formula is C12H16O. The van der Waals surface area contributed by atoms with Crippen LogP contribution < -0.4 is 4.74 Å². The first-order valence-corrected chi connectivity index (χ1v) is 4.73. The van der Waals surface area contributed by atoms with E-state index in [4.69, 9.17) is 4.74 Å². The van der Waals surface area contributed by atoms with E-state index in [2.05, 4.69) is 19.1 Å². The van der Waals surface area contributed by atoms with E-state index in [-0.39, 0.29) is 0 Å². The number of hydrogen-bond donors (Lipinski definition) is 0. The molecule has 0 saturated heterocycles. The normalized spacial score (nSPS) is 10.6. The summed E-state index contributed by atoms with van der Waals surface area (Å²) in [5.41, 5.74) is 1.15. The maximum Gasteiger partial charge on any atom is 0.126 e. The van der Waals surface area contributed by atoms with E-state index < -0.39 is 0 Å². The predicted molar refractivity (Wildman–Crippen MR) is 56.9 cm³/mol. The molecule has 0 heterocycles. The minimum Gasteiger partial charge on any atom is -0.493 e. The molecule has 0 unspecified atom stereocenters. The second kappa shape index (κ2) is 5.41. The molecule has 0 N–H and O–H groups in total. The molecular weight excluding hydrogens is 160 g/mol. The maximum atomic E-state index is 5.59. The average molecular weight is 176 g/mol. The largest absolute Gasteiger partial charge is 0.493 e. The summed E-state index contributed by atoms with van der Waals surface area (Å²) in [7, 11) is 0. The number of hydrogen-bond acceptors (Lipinski definition) is 1. The minimum absolute atomic E-state index is 0.786. The van der Waals surface area contributed by atoms with Gasteiger partial charge in [-0.2, -0.15) is 0 Å². The van der Waals surface area contributed by atoms with Gasteiger partial charge in [-0.25, -0.2) is 0 Å². The van der Waals surface area contributed by atoms with Crippen LogP contribution in [0, 0.1) is 0 Å². The van der Waals surface area contributed by atoms with Gasteiger partial charge in [0.2, 0.25) is 0 Å². The Morgan fingerprint density at radius 2 is 2.08 bits per heavy atom. The lowest BCUT2D eigenvalue weighted by atomic mass is 10.2. The number of benzene rings is 1. The number of rotatable bonds is 4.